The molecule has 0 spiro atoms. The first-order valence-corrected chi connectivity index (χ1v) is 8.23. The van der Waals surface area contributed by atoms with Crippen molar-refractivity contribution in [2.45, 2.75) is 45.8 Å². The first-order valence-electron chi connectivity index (χ1n) is 7.41. The maximum absolute atomic E-state index is 11.6. The van der Waals surface area contributed by atoms with Gasteiger partial charge in [0.25, 0.3) is 0 Å². The Balaban J connectivity index is 2.13. The van der Waals surface area contributed by atoms with E-state index in [0.29, 0.717) is 30.2 Å². The van der Waals surface area contributed by atoms with E-state index < -0.39 is 6.29 Å². The number of esters is 1. The molecule has 118 valence electrons. The van der Waals surface area contributed by atoms with Crippen molar-refractivity contribution in [3.8, 4) is 0 Å². The summed E-state index contributed by atoms with van der Waals surface area (Å²) in [6, 6.07) is 0. The molecule has 1 aromatic rings. The molecule has 0 bridgehead atoms. The van der Waals surface area contributed by atoms with Crippen LogP contribution in [0.4, 0.5) is 5.00 Å². The van der Waals surface area contributed by atoms with Crippen molar-refractivity contribution < 1.29 is 19.4 Å². The van der Waals surface area contributed by atoms with Gasteiger partial charge in [0, 0.05) is 23.5 Å². The maximum atomic E-state index is 11.6. The normalized spacial score (nSPS) is 19.1. The highest BCUT2D eigenvalue weighted by molar-refractivity contribution is 7.16. The molecular formula is C15H23NO4S. The number of aliphatic hydroxyl groups excluding tert-OH is 1. The summed E-state index contributed by atoms with van der Waals surface area (Å²) in [7, 11) is 0. The quantitative estimate of drug-likeness (QED) is 0.622. The lowest BCUT2D eigenvalue weighted by molar-refractivity contribution is -0.144. The number of nitrogen functional groups attached to an aromatic ring is 1. The van der Waals surface area contributed by atoms with Gasteiger partial charge in [0.1, 0.15) is 0 Å². The van der Waals surface area contributed by atoms with Crippen molar-refractivity contribution in [2.75, 3.05) is 18.9 Å². The summed E-state index contributed by atoms with van der Waals surface area (Å²) in [4.78, 5) is 12.8. The van der Waals surface area contributed by atoms with Gasteiger partial charge < -0.3 is 20.3 Å². The fourth-order valence-corrected chi connectivity index (χ4v) is 3.98. The second kappa shape index (κ2) is 7.24. The van der Waals surface area contributed by atoms with Crippen LogP contribution in [0.25, 0.3) is 0 Å². The first-order chi connectivity index (χ1) is 10.1. The molecule has 0 saturated carbocycles. The van der Waals surface area contributed by atoms with Gasteiger partial charge in [0.2, 0.25) is 0 Å². The van der Waals surface area contributed by atoms with Crippen LogP contribution >= 0.6 is 11.3 Å². The summed E-state index contributed by atoms with van der Waals surface area (Å²) in [6.45, 7) is 4.49. The second-order valence-corrected chi connectivity index (χ2v) is 6.34. The van der Waals surface area contributed by atoms with E-state index in [1.807, 2.05) is 13.8 Å². The van der Waals surface area contributed by atoms with Gasteiger partial charge >= 0.3 is 5.97 Å². The first kappa shape index (κ1) is 16.3. The third-order valence-corrected chi connectivity index (χ3v) is 4.90. The van der Waals surface area contributed by atoms with Gasteiger partial charge in [-0.2, -0.15) is 0 Å². The van der Waals surface area contributed by atoms with Gasteiger partial charge in [-0.05, 0) is 44.6 Å². The number of carbonyl (C=O) groups excluding carboxylic acids is 1. The molecule has 0 saturated heterocycles. The fraction of sp³-hybridized carbons (Fsp3) is 0.667. The third-order valence-electron chi connectivity index (χ3n) is 3.76. The molecule has 3 N–H and O–H groups in total. The van der Waals surface area contributed by atoms with E-state index in [4.69, 9.17) is 15.2 Å². The number of thiophene rings is 1. The minimum Gasteiger partial charge on any atom is -0.466 e. The minimum atomic E-state index is -0.976. The summed E-state index contributed by atoms with van der Waals surface area (Å²) in [5, 5.41) is 10.7. The van der Waals surface area contributed by atoms with Gasteiger partial charge in [0.15, 0.2) is 6.29 Å². The Morgan fingerprint density at radius 2 is 2.24 bits per heavy atom. The van der Waals surface area contributed by atoms with Crippen molar-refractivity contribution in [3.05, 3.63) is 16.0 Å². The van der Waals surface area contributed by atoms with E-state index in [0.717, 1.165) is 24.8 Å². The minimum absolute atomic E-state index is 0.152. The lowest BCUT2D eigenvalue weighted by atomic mass is 9.84. The van der Waals surface area contributed by atoms with Crippen LogP contribution in [-0.2, 0) is 27.1 Å². The highest BCUT2D eigenvalue weighted by Gasteiger charge is 2.29. The number of rotatable bonds is 6. The van der Waals surface area contributed by atoms with Crippen LogP contribution in [0.1, 0.15) is 49.0 Å². The van der Waals surface area contributed by atoms with Gasteiger partial charge in [-0.15, -0.1) is 11.3 Å². The lowest BCUT2D eigenvalue weighted by Gasteiger charge is -2.23. The Morgan fingerprint density at radius 3 is 2.90 bits per heavy atom. The molecule has 0 aromatic carbocycles. The summed E-state index contributed by atoms with van der Waals surface area (Å²) >= 11 is 1.52. The Labute approximate surface area is 129 Å². The fourth-order valence-electron chi connectivity index (χ4n) is 2.84. The molecule has 2 atom stereocenters. The summed E-state index contributed by atoms with van der Waals surface area (Å²) < 4.78 is 10.3. The van der Waals surface area contributed by atoms with E-state index in [9.17, 15) is 9.90 Å². The van der Waals surface area contributed by atoms with Crippen molar-refractivity contribution in [1.82, 2.24) is 0 Å². The Morgan fingerprint density at radius 1 is 1.48 bits per heavy atom. The largest absolute Gasteiger partial charge is 0.466 e. The molecule has 0 aliphatic heterocycles. The van der Waals surface area contributed by atoms with Gasteiger partial charge in [0.05, 0.1) is 11.6 Å². The van der Waals surface area contributed by atoms with Crippen LogP contribution in [0.2, 0.25) is 0 Å². The zero-order chi connectivity index (χ0) is 15.4. The summed E-state index contributed by atoms with van der Waals surface area (Å²) in [5.41, 5.74) is 7.80. The molecule has 1 aliphatic carbocycles. The van der Waals surface area contributed by atoms with E-state index in [-0.39, 0.29) is 11.9 Å². The molecule has 1 aliphatic rings. The zero-order valence-corrected chi connectivity index (χ0v) is 13.4. The standard InChI is InChI=1S/C15H23NO4S/c1-3-19-12(17)8-9-5-6-11-10(7-9)13(14(16)21-11)15(18)20-4-2/h9,15,18H,3-8,16H2,1-2H3. The van der Waals surface area contributed by atoms with Gasteiger partial charge in [-0.3, -0.25) is 4.79 Å². The highest BCUT2D eigenvalue weighted by atomic mass is 32.1. The molecule has 6 heteroatoms. The third kappa shape index (κ3) is 3.75. The van der Waals surface area contributed by atoms with E-state index in [1.54, 1.807) is 0 Å². The van der Waals surface area contributed by atoms with Crippen molar-refractivity contribution in [1.29, 1.82) is 0 Å². The zero-order valence-electron chi connectivity index (χ0n) is 12.6. The predicted molar refractivity (Wildman–Crippen MR) is 82.1 cm³/mol. The molecule has 0 amide bonds. The van der Waals surface area contributed by atoms with Crippen molar-refractivity contribution >= 4 is 22.3 Å². The number of fused-ring (bicyclic) bond motifs is 1. The number of anilines is 1. The van der Waals surface area contributed by atoms with Crippen LogP contribution in [0.5, 0.6) is 0 Å². The SMILES string of the molecule is CCOC(=O)CC1CCc2sc(N)c(C(O)OCC)c2C1. The molecule has 2 unspecified atom stereocenters. The second-order valence-electron chi connectivity index (χ2n) is 5.21. The number of hydrogen-bond acceptors (Lipinski definition) is 6. The molecule has 0 fully saturated rings. The molecule has 21 heavy (non-hydrogen) atoms. The van der Waals surface area contributed by atoms with Crippen LogP contribution in [0.3, 0.4) is 0 Å². The Hall–Kier alpha value is -1.11. The van der Waals surface area contributed by atoms with Gasteiger partial charge in [-0.25, -0.2) is 0 Å². The number of aryl methyl sites for hydroxylation is 1. The average Bonchev–Trinajstić information content (AvgIpc) is 2.74. The number of carbonyl (C=O) groups is 1. The molecule has 2 rings (SSSR count). The van der Waals surface area contributed by atoms with Crippen molar-refractivity contribution in [2.24, 2.45) is 5.92 Å². The van der Waals surface area contributed by atoms with Crippen LogP contribution < -0.4 is 5.73 Å². The van der Waals surface area contributed by atoms with E-state index in [1.165, 1.54) is 16.2 Å². The molecule has 0 radical (unpaired) electrons. The number of ether oxygens (including phenoxy) is 2. The van der Waals surface area contributed by atoms with E-state index in [2.05, 4.69) is 0 Å². The monoisotopic (exact) mass is 313 g/mol. The van der Waals surface area contributed by atoms with Crippen molar-refractivity contribution in [3.63, 3.8) is 0 Å². The van der Waals surface area contributed by atoms with Crippen LogP contribution in [0, 0.1) is 5.92 Å². The van der Waals surface area contributed by atoms with Gasteiger partial charge in [-0.1, -0.05) is 0 Å². The molecular weight excluding hydrogens is 290 g/mol. The smallest absolute Gasteiger partial charge is 0.306 e. The van der Waals surface area contributed by atoms with E-state index >= 15 is 0 Å². The number of aliphatic hydroxyl groups is 1. The highest BCUT2D eigenvalue weighted by Crippen LogP contribution is 2.42. The summed E-state index contributed by atoms with van der Waals surface area (Å²) in [5.74, 6) is 0.0965. The molecule has 1 aromatic heterocycles. The molecule has 1 heterocycles. The van der Waals surface area contributed by atoms with Crippen LogP contribution in [-0.4, -0.2) is 24.3 Å². The Bertz CT molecular complexity index is 500. The summed E-state index contributed by atoms with van der Waals surface area (Å²) in [6.07, 6.45) is 2.05. The Kier molecular flexibility index (Phi) is 5.61. The topological polar surface area (TPSA) is 81.8 Å². The maximum Gasteiger partial charge on any atom is 0.306 e. The lowest BCUT2D eigenvalue weighted by Crippen LogP contribution is -2.19. The van der Waals surface area contributed by atoms with Crippen LogP contribution in [0.15, 0.2) is 0 Å². The number of hydrogen-bond donors (Lipinski definition) is 2. The average molecular weight is 313 g/mol. The predicted octanol–water partition coefficient (Wildman–Crippen LogP) is 2.42. The number of nitrogens with two attached hydrogens (primary N) is 1. The molecule has 5 nitrogen and oxygen atoms in total.